The summed E-state index contributed by atoms with van der Waals surface area (Å²) < 4.78 is 16.6. The molecule has 0 radical (unpaired) electrons. The molecule has 0 unspecified atom stereocenters. The number of ether oxygens (including phenoxy) is 3. The van der Waals surface area contributed by atoms with Gasteiger partial charge in [-0.05, 0) is 56.6 Å². The third-order valence-corrected chi connectivity index (χ3v) is 5.15. The van der Waals surface area contributed by atoms with Crippen molar-refractivity contribution in [2.75, 3.05) is 19.8 Å². The molecule has 6 nitrogen and oxygen atoms in total. The molecule has 2 heterocycles. The molecule has 0 spiro atoms. The Morgan fingerprint density at radius 3 is 2.73 bits per heavy atom. The first-order valence-corrected chi connectivity index (χ1v) is 9.38. The first kappa shape index (κ1) is 17.1. The van der Waals surface area contributed by atoms with Gasteiger partial charge in [0.1, 0.15) is 13.2 Å². The van der Waals surface area contributed by atoms with Crippen LogP contribution in [-0.4, -0.2) is 41.8 Å². The molecule has 1 aromatic carbocycles. The summed E-state index contributed by atoms with van der Waals surface area (Å²) in [5, 5.41) is 3.98. The molecule has 3 aliphatic rings. The molecule has 0 saturated heterocycles. The predicted molar refractivity (Wildman–Crippen MR) is 100 cm³/mol. The summed E-state index contributed by atoms with van der Waals surface area (Å²) in [5.74, 6) is 1.09. The third-order valence-electron chi connectivity index (χ3n) is 4.83. The van der Waals surface area contributed by atoms with E-state index in [9.17, 15) is 4.79 Å². The SMILES string of the molecule is CCOC(=O)C1=C(C)N(C2CC2)C(=S)N[C@H]1c1ccc2c(c1)OCCO2. The second-order valence-electron chi connectivity index (χ2n) is 6.61. The van der Waals surface area contributed by atoms with Crippen LogP contribution in [0.5, 0.6) is 11.5 Å². The van der Waals surface area contributed by atoms with Crippen molar-refractivity contribution in [2.45, 2.75) is 38.8 Å². The highest BCUT2D eigenvalue weighted by Crippen LogP contribution is 2.40. The lowest BCUT2D eigenvalue weighted by Crippen LogP contribution is -2.48. The second-order valence-corrected chi connectivity index (χ2v) is 6.99. The standard InChI is InChI=1S/C19H22N2O4S/c1-3-23-18(22)16-11(2)21(13-5-6-13)19(26)20-17(16)12-4-7-14-15(10-12)25-9-8-24-14/h4,7,10,13,17H,3,5-6,8-9H2,1-2H3,(H,20,26)/t17-/m0/s1. The quantitative estimate of drug-likeness (QED) is 0.642. The molecule has 0 bridgehead atoms. The Labute approximate surface area is 158 Å². The monoisotopic (exact) mass is 374 g/mol. The Balaban J connectivity index is 1.75. The molecule has 0 amide bonds. The summed E-state index contributed by atoms with van der Waals surface area (Å²) >= 11 is 5.60. The molecule has 26 heavy (non-hydrogen) atoms. The second kappa shape index (κ2) is 6.79. The normalized spacial score (nSPS) is 22.2. The molecule has 2 aliphatic heterocycles. The van der Waals surface area contributed by atoms with Gasteiger partial charge in [-0.3, -0.25) is 0 Å². The van der Waals surface area contributed by atoms with Crippen LogP contribution in [0.25, 0.3) is 0 Å². The zero-order valence-electron chi connectivity index (χ0n) is 14.9. The van der Waals surface area contributed by atoms with E-state index in [4.69, 9.17) is 26.4 Å². The van der Waals surface area contributed by atoms with Crippen molar-refractivity contribution >= 4 is 23.3 Å². The summed E-state index contributed by atoms with van der Waals surface area (Å²) in [5.41, 5.74) is 2.37. The van der Waals surface area contributed by atoms with E-state index in [0.717, 1.165) is 29.9 Å². The molecule has 1 fully saturated rings. The van der Waals surface area contributed by atoms with Crippen molar-refractivity contribution in [3.05, 3.63) is 35.0 Å². The number of esters is 1. The summed E-state index contributed by atoms with van der Waals surface area (Å²) in [6.45, 7) is 5.15. The van der Waals surface area contributed by atoms with Gasteiger partial charge >= 0.3 is 5.97 Å². The molecule has 138 valence electrons. The van der Waals surface area contributed by atoms with Gasteiger partial charge < -0.3 is 24.4 Å². The lowest BCUT2D eigenvalue weighted by atomic mass is 9.94. The number of benzene rings is 1. The van der Waals surface area contributed by atoms with E-state index in [1.165, 1.54) is 0 Å². The van der Waals surface area contributed by atoms with Crippen molar-refractivity contribution in [3.8, 4) is 11.5 Å². The van der Waals surface area contributed by atoms with Crippen LogP contribution in [0, 0.1) is 0 Å². The van der Waals surface area contributed by atoms with E-state index >= 15 is 0 Å². The Kier molecular flexibility index (Phi) is 4.48. The molecule has 1 atom stereocenters. The maximum atomic E-state index is 12.7. The van der Waals surface area contributed by atoms with Crippen LogP contribution in [-0.2, 0) is 9.53 Å². The van der Waals surface area contributed by atoms with Crippen molar-refractivity contribution in [1.82, 2.24) is 10.2 Å². The smallest absolute Gasteiger partial charge is 0.338 e. The molecule has 1 saturated carbocycles. The van der Waals surface area contributed by atoms with Crippen LogP contribution in [0.15, 0.2) is 29.5 Å². The van der Waals surface area contributed by atoms with E-state index in [2.05, 4.69) is 10.2 Å². The highest BCUT2D eigenvalue weighted by Gasteiger charge is 2.41. The summed E-state index contributed by atoms with van der Waals surface area (Å²) in [6, 6.07) is 5.73. The zero-order valence-corrected chi connectivity index (χ0v) is 15.7. The van der Waals surface area contributed by atoms with Gasteiger partial charge in [-0.25, -0.2) is 4.79 Å². The molecular weight excluding hydrogens is 352 g/mol. The molecule has 0 aromatic heterocycles. The van der Waals surface area contributed by atoms with Crippen LogP contribution < -0.4 is 14.8 Å². The fourth-order valence-electron chi connectivity index (χ4n) is 3.49. The van der Waals surface area contributed by atoms with Gasteiger partial charge in [0.2, 0.25) is 0 Å². The number of nitrogens with zero attached hydrogens (tertiary/aromatic N) is 1. The fourth-order valence-corrected chi connectivity index (χ4v) is 3.90. The van der Waals surface area contributed by atoms with E-state index in [-0.39, 0.29) is 12.0 Å². The topological polar surface area (TPSA) is 60.0 Å². The molecule has 1 aromatic rings. The maximum absolute atomic E-state index is 12.7. The van der Waals surface area contributed by atoms with Gasteiger partial charge in [0.15, 0.2) is 16.6 Å². The summed E-state index contributed by atoms with van der Waals surface area (Å²) in [6.07, 6.45) is 2.17. The van der Waals surface area contributed by atoms with Gasteiger partial charge in [0.25, 0.3) is 0 Å². The Morgan fingerprint density at radius 1 is 1.31 bits per heavy atom. The van der Waals surface area contributed by atoms with Gasteiger partial charge in [-0.1, -0.05) is 6.07 Å². The average molecular weight is 374 g/mol. The van der Waals surface area contributed by atoms with Crippen LogP contribution in [0.1, 0.15) is 38.3 Å². The number of thiocarbonyl (C=S) groups is 1. The molecule has 1 aliphatic carbocycles. The minimum Gasteiger partial charge on any atom is -0.486 e. The number of nitrogens with one attached hydrogen (secondary N) is 1. The van der Waals surface area contributed by atoms with Crippen molar-refractivity contribution < 1.29 is 19.0 Å². The minimum absolute atomic E-state index is 0.314. The number of carbonyl (C=O) groups excluding carboxylic acids is 1. The molecule has 1 N–H and O–H groups in total. The van der Waals surface area contributed by atoms with Crippen LogP contribution in [0.4, 0.5) is 0 Å². The highest BCUT2D eigenvalue weighted by molar-refractivity contribution is 7.80. The van der Waals surface area contributed by atoms with Crippen LogP contribution in [0.2, 0.25) is 0 Å². The minimum atomic E-state index is -0.368. The van der Waals surface area contributed by atoms with Gasteiger partial charge in [0.05, 0.1) is 18.2 Å². The number of carbonyl (C=O) groups is 1. The van der Waals surface area contributed by atoms with Gasteiger partial charge in [0, 0.05) is 11.7 Å². The van der Waals surface area contributed by atoms with E-state index in [0.29, 0.717) is 42.3 Å². The number of fused-ring (bicyclic) bond motifs is 1. The number of hydrogen-bond acceptors (Lipinski definition) is 5. The van der Waals surface area contributed by atoms with Crippen molar-refractivity contribution in [3.63, 3.8) is 0 Å². The number of hydrogen-bond donors (Lipinski definition) is 1. The Morgan fingerprint density at radius 2 is 2.04 bits per heavy atom. The largest absolute Gasteiger partial charge is 0.486 e. The van der Waals surface area contributed by atoms with E-state index < -0.39 is 0 Å². The molecule has 7 heteroatoms. The van der Waals surface area contributed by atoms with E-state index in [1.54, 1.807) is 0 Å². The molecule has 4 rings (SSSR count). The van der Waals surface area contributed by atoms with Crippen LogP contribution >= 0.6 is 12.2 Å². The van der Waals surface area contributed by atoms with Crippen molar-refractivity contribution in [1.29, 1.82) is 0 Å². The van der Waals surface area contributed by atoms with E-state index in [1.807, 2.05) is 32.0 Å². The highest BCUT2D eigenvalue weighted by atomic mass is 32.1. The summed E-state index contributed by atoms with van der Waals surface area (Å²) in [4.78, 5) is 14.8. The third kappa shape index (κ3) is 3.00. The van der Waals surface area contributed by atoms with Gasteiger partial charge in [-0.15, -0.1) is 0 Å². The van der Waals surface area contributed by atoms with Crippen molar-refractivity contribution in [2.24, 2.45) is 0 Å². The number of rotatable bonds is 4. The van der Waals surface area contributed by atoms with Crippen LogP contribution in [0.3, 0.4) is 0 Å². The average Bonchev–Trinajstić information content (AvgIpc) is 3.46. The first-order chi connectivity index (χ1) is 12.6. The van der Waals surface area contributed by atoms with Gasteiger partial charge in [-0.2, -0.15) is 0 Å². The maximum Gasteiger partial charge on any atom is 0.338 e. The Bertz CT molecular complexity index is 788. The zero-order chi connectivity index (χ0) is 18.3. The molecular formula is C19H22N2O4S. The number of allylic oxidation sites excluding steroid dienone is 1. The Hall–Kier alpha value is -2.28. The predicted octanol–water partition coefficient (Wildman–Crippen LogP) is 2.69. The fraction of sp³-hybridized carbons (Fsp3) is 0.474. The lowest BCUT2D eigenvalue weighted by molar-refractivity contribution is -0.139. The summed E-state index contributed by atoms with van der Waals surface area (Å²) in [7, 11) is 0. The first-order valence-electron chi connectivity index (χ1n) is 8.97. The lowest BCUT2D eigenvalue weighted by Gasteiger charge is -2.38.